The molecule has 0 aliphatic rings. The van der Waals surface area contributed by atoms with Crippen LogP contribution in [0, 0.1) is 0 Å². The molecule has 1 atom stereocenters. The molecule has 22 heavy (non-hydrogen) atoms. The molecule has 0 aliphatic carbocycles. The van der Waals surface area contributed by atoms with Crippen LogP contribution in [0.5, 0.6) is 0 Å². The van der Waals surface area contributed by atoms with Crippen molar-refractivity contribution in [3.05, 3.63) is 44.7 Å². The van der Waals surface area contributed by atoms with E-state index in [0.29, 0.717) is 15.7 Å². The summed E-state index contributed by atoms with van der Waals surface area (Å²) >= 11 is 12.8. The lowest BCUT2D eigenvalue weighted by molar-refractivity contribution is -0.115. The molecule has 0 saturated heterocycles. The van der Waals surface area contributed by atoms with Gasteiger partial charge in [-0.25, -0.2) is 4.98 Å². The summed E-state index contributed by atoms with van der Waals surface area (Å²) in [6.45, 7) is 1.68. The van der Waals surface area contributed by atoms with Gasteiger partial charge in [0, 0.05) is 21.8 Å². The Hall–Kier alpha value is -1.70. The number of nitrogens with two attached hydrogens (primary N) is 1. The first-order valence-corrected chi connectivity index (χ1v) is 7.77. The van der Waals surface area contributed by atoms with Crippen LogP contribution in [-0.4, -0.2) is 21.1 Å². The van der Waals surface area contributed by atoms with Crippen LogP contribution in [0.15, 0.2) is 34.2 Å². The Bertz CT molecular complexity index is 746. The molecule has 2 aromatic rings. The molecule has 0 aliphatic heterocycles. The van der Waals surface area contributed by atoms with Gasteiger partial charge in [-0.1, -0.05) is 35.0 Å². The minimum absolute atomic E-state index is 0.0977. The lowest BCUT2D eigenvalue weighted by atomic mass is 10.3. The van der Waals surface area contributed by atoms with Crippen LogP contribution in [0.1, 0.15) is 6.92 Å². The quantitative estimate of drug-likeness (QED) is 0.576. The second kappa shape index (κ2) is 7.04. The number of hydrogen-bond acceptors (Lipinski definition) is 5. The molecule has 0 spiro atoms. The van der Waals surface area contributed by atoms with E-state index >= 15 is 0 Å². The molecular weight excluding hydrogens is 347 g/mol. The molecule has 116 valence electrons. The van der Waals surface area contributed by atoms with Gasteiger partial charge in [0.25, 0.3) is 5.56 Å². The van der Waals surface area contributed by atoms with Gasteiger partial charge < -0.3 is 16.0 Å². The summed E-state index contributed by atoms with van der Waals surface area (Å²) in [5.41, 5.74) is 5.61. The van der Waals surface area contributed by atoms with Gasteiger partial charge in [0.15, 0.2) is 5.16 Å². The minimum Gasteiger partial charge on any atom is -0.383 e. The van der Waals surface area contributed by atoms with Crippen LogP contribution in [-0.2, 0) is 4.79 Å². The number of nitrogens with zero attached hydrogens (tertiary/aromatic N) is 1. The predicted molar refractivity (Wildman–Crippen MR) is 89.7 cm³/mol. The molecule has 1 aromatic carbocycles. The van der Waals surface area contributed by atoms with Crippen molar-refractivity contribution in [2.75, 3.05) is 11.1 Å². The van der Waals surface area contributed by atoms with Gasteiger partial charge in [-0.3, -0.25) is 9.59 Å². The zero-order valence-corrected chi connectivity index (χ0v) is 13.7. The van der Waals surface area contributed by atoms with Crippen molar-refractivity contribution in [1.29, 1.82) is 0 Å². The summed E-state index contributed by atoms with van der Waals surface area (Å²) < 4.78 is 0. The van der Waals surface area contributed by atoms with E-state index in [1.807, 2.05) is 0 Å². The molecule has 4 N–H and O–H groups in total. The predicted octanol–water partition coefficient (Wildman–Crippen LogP) is 2.78. The maximum Gasteiger partial charge on any atom is 0.253 e. The second-order valence-electron chi connectivity index (χ2n) is 4.38. The summed E-state index contributed by atoms with van der Waals surface area (Å²) in [5.74, 6) is -0.186. The van der Waals surface area contributed by atoms with Gasteiger partial charge in [-0.2, -0.15) is 0 Å². The molecule has 6 nitrogen and oxygen atoms in total. The fraction of sp³-hybridized carbons (Fsp3) is 0.154. The van der Waals surface area contributed by atoms with E-state index in [1.54, 1.807) is 25.1 Å². The summed E-state index contributed by atoms with van der Waals surface area (Å²) in [6, 6.07) is 5.91. The van der Waals surface area contributed by atoms with Crippen molar-refractivity contribution in [1.82, 2.24) is 9.97 Å². The number of nitrogens with one attached hydrogen (secondary N) is 2. The normalized spacial score (nSPS) is 12.0. The highest BCUT2D eigenvalue weighted by atomic mass is 35.5. The first-order valence-electron chi connectivity index (χ1n) is 6.14. The van der Waals surface area contributed by atoms with Gasteiger partial charge in [-0.15, -0.1) is 0 Å². The summed E-state index contributed by atoms with van der Waals surface area (Å²) in [6.07, 6.45) is 0. The number of aromatic nitrogens is 2. The number of carbonyl (C=O) groups is 1. The van der Waals surface area contributed by atoms with Crippen LogP contribution in [0.4, 0.5) is 11.5 Å². The van der Waals surface area contributed by atoms with E-state index in [9.17, 15) is 9.59 Å². The first kappa shape index (κ1) is 16.7. The van der Waals surface area contributed by atoms with E-state index in [2.05, 4.69) is 15.3 Å². The monoisotopic (exact) mass is 358 g/mol. The van der Waals surface area contributed by atoms with E-state index < -0.39 is 5.25 Å². The SMILES string of the molecule is C[C@H](Sc1nc(N)cc(=O)[nH]1)C(=O)Nc1cc(Cl)cc(Cl)c1. The highest BCUT2D eigenvalue weighted by molar-refractivity contribution is 8.00. The van der Waals surface area contributed by atoms with Crippen LogP contribution in [0.2, 0.25) is 10.0 Å². The molecule has 9 heteroatoms. The number of rotatable bonds is 4. The van der Waals surface area contributed by atoms with Gasteiger partial charge >= 0.3 is 0 Å². The number of aromatic amines is 1. The topological polar surface area (TPSA) is 101 Å². The highest BCUT2D eigenvalue weighted by Crippen LogP contribution is 2.24. The van der Waals surface area contributed by atoms with Crippen LogP contribution >= 0.6 is 35.0 Å². The maximum atomic E-state index is 12.1. The zero-order chi connectivity index (χ0) is 16.3. The third kappa shape index (κ3) is 4.66. The lowest BCUT2D eigenvalue weighted by Crippen LogP contribution is -2.23. The Kier molecular flexibility index (Phi) is 5.33. The number of anilines is 2. The molecule has 1 heterocycles. The van der Waals surface area contributed by atoms with Gasteiger partial charge in [0.2, 0.25) is 5.91 Å². The number of hydrogen-bond donors (Lipinski definition) is 3. The van der Waals surface area contributed by atoms with Crippen LogP contribution < -0.4 is 16.6 Å². The minimum atomic E-state index is -0.511. The Labute approximate surface area is 140 Å². The molecule has 0 radical (unpaired) electrons. The summed E-state index contributed by atoms with van der Waals surface area (Å²) in [7, 11) is 0. The Morgan fingerprint density at radius 3 is 2.55 bits per heavy atom. The smallest absolute Gasteiger partial charge is 0.253 e. The van der Waals surface area contributed by atoms with Crippen molar-refractivity contribution in [2.45, 2.75) is 17.3 Å². The number of thioether (sulfide) groups is 1. The highest BCUT2D eigenvalue weighted by Gasteiger charge is 2.16. The lowest BCUT2D eigenvalue weighted by Gasteiger charge is -2.12. The molecule has 0 fully saturated rings. The van der Waals surface area contributed by atoms with Crippen molar-refractivity contribution in [2.24, 2.45) is 0 Å². The van der Waals surface area contributed by atoms with E-state index in [1.165, 1.54) is 6.07 Å². The van der Waals surface area contributed by atoms with Gasteiger partial charge in [0.1, 0.15) is 5.82 Å². The van der Waals surface area contributed by atoms with Crippen molar-refractivity contribution < 1.29 is 4.79 Å². The van der Waals surface area contributed by atoms with Crippen molar-refractivity contribution in [3.63, 3.8) is 0 Å². The van der Waals surface area contributed by atoms with Crippen molar-refractivity contribution in [3.8, 4) is 0 Å². The van der Waals surface area contributed by atoms with Crippen LogP contribution in [0.25, 0.3) is 0 Å². The maximum absolute atomic E-state index is 12.1. The molecule has 1 amide bonds. The molecule has 2 rings (SSSR count). The van der Waals surface area contributed by atoms with Crippen LogP contribution in [0.3, 0.4) is 0 Å². The molecule has 1 aromatic heterocycles. The van der Waals surface area contributed by atoms with E-state index in [4.69, 9.17) is 28.9 Å². The number of nitrogen functional groups attached to an aromatic ring is 1. The largest absolute Gasteiger partial charge is 0.383 e. The number of amides is 1. The first-order chi connectivity index (χ1) is 10.3. The number of carbonyl (C=O) groups excluding carboxylic acids is 1. The molecule has 0 bridgehead atoms. The van der Waals surface area contributed by atoms with Crippen molar-refractivity contribution >= 4 is 52.4 Å². The Morgan fingerprint density at radius 1 is 1.32 bits per heavy atom. The average molecular weight is 359 g/mol. The number of halogens is 2. The third-order valence-electron chi connectivity index (χ3n) is 2.53. The number of H-pyrrole nitrogens is 1. The summed E-state index contributed by atoms with van der Waals surface area (Å²) in [5, 5.41) is 3.30. The van der Waals surface area contributed by atoms with Gasteiger partial charge in [0.05, 0.1) is 5.25 Å². The fourth-order valence-electron chi connectivity index (χ4n) is 1.60. The van der Waals surface area contributed by atoms with E-state index in [-0.39, 0.29) is 22.4 Å². The fourth-order valence-corrected chi connectivity index (χ4v) is 2.94. The number of benzene rings is 1. The second-order valence-corrected chi connectivity index (χ2v) is 6.59. The average Bonchev–Trinajstić information content (AvgIpc) is 2.35. The zero-order valence-electron chi connectivity index (χ0n) is 11.4. The standard InChI is InChI=1S/C13H12Cl2N4O2S/c1-6(22-13-18-10(16)5-11(20)19-13)12(21)17-9-3-7(14)2-8(15)4-9/h2-6H,1H3,(H,17,21)(H3,16,18,19,20)/t6-/m0/s1. The Morgan fingerprint density at radius 2 is 1.95 bits per heavy atom. The molecular formula is C13H12Cl2N4O2S. The molecule has 0 saturated carbocycles. The summed E-state index contributed by atoms with van der Waals surface area (Å²) in [4.78, 5) is 29.9. The van der Waals surface area contributed by atoms with E-state index in [0.717, 1.165) is 11.8 Å². The van der Waals surface area contributed by atoms with Gasteiger partial charge in [-0.05, 0) is 25.1 Å². The Balaban J connectivity index is 2.07. The third-order valence-corrected chi connectivity index (χ3v) is 3.95. The molecule has 0 unspecified atom stereocenters.